The highest BCUT2D eigenvalue weighted by Crippen LogP contribution is 2.07. The van der Waals surface area contributed by atoms with Gasteiger partial charge < -0.3 is 25.4 Å². The summed E-state index contributed by atoms with van der Waals surface area (Å²) in [7, 11) is 0. The van der Waals surface area contributed by atoms with Gasteiger partial charge in [0.1, 0.15) is 11.4 Å². The van der Waals surface area contributed by atoms with Gasteiger partial charge in [-0.1, -0.05) is 18.2 Å². The number of para-hydroxylation sites is 1. The summed E-state index contributed by atoms with van der Waals surface area (Å²) in [5, 5.41) is 7.96. The highest BCUT2D eigenvalue weighted by molar-refractivity contribution is 5.78. The standard InChI is InChI=1S/C19H29N3O5/c1-19(2,3)27-18(25)22-13-10-16(23)20-11-7-12-21-17(24)14-26-15-8-5-4-6-9-15/h4-6,8-9H,7,10-14H2,1-3H3,(H,20,23)(H,21,24)(H,22,25). The zero-order valence-electron chi connectivity index (χ0n) is 16.2. The lowest BCUT2D eigenvalue weighted by molar-refractivity contribution is -0.123. The van der Waals surface area contributed by atoms with Crippen molar-refractivity contribution < 1.29 is 23.9 Å². The summed E-state index contributed by atoms with van der Waals surface area (Å²) in [5.74, 6) is 0.247. The Bertz CT molecular complexity index is 599. The monoisotopic (exact) mass is 379 g/mol. The molecule has 0 spiro atoms. The molecule has 3 amide bonds. The molecule has 0 atom stereocenters. The Kier molecular flexibility index (Phi) is 9.71. The Morgan fingerprint density at radius 2 is 1.52 bits per heavy atom. The van der Waals surface area contributed by atoms with Crippen LogP contribution in [0.1, 0.15) is 33.6 Å². The lowest BCUT2D eigenvalue weighted by Gasteiger charge is -2.19. The number of hydrogen-bond donors (Lipinski definition) is 3. The van der Waals surface area contributed by atoms with E-state index in [1.807, 2.05) is 18.2 Å². The van der Waals surface area contributed by atoms with Crippen LogP contribution in [0.4, 0.5) is 4.79 Å². The topological polar surface area (TPSA) is 106 Å². The molecule has 0 radical (unpaired) electrons. The average molecular weight is 379 g/mol. The van der Waals surface area contributed by atoms with Crippen LogP contribution in [0, 0.1) is 0 Å². The molecule has 0 aliphatic carbocycles. The van der Waals surface area contributed by atoms with Crippen LogP contribution in [0.5, 0.6) is 5.75 Å². The molecule has 8 heteroatoms. The summed E-state index contributed by atoms with van der Waals surface area (Å²) >= 11 is 0. The van der Waals surface area contributed by atoms with Crippen molar-refractivity contribution in [3.63, 3.8) is 0 Å². The maximum absolute atomic E-state index is 11.7. The first-order valence-corrected chi connectivity index (χ1v) is 8.94. The molecule has 150 valence electrons. The molecule has 0 fully saturated rings. The van der Waals surface area contributed by atoms with Crippen LogP contribution in [0.15, 0.2) is 30.3 Å². The van der Waals surface area contributed by atoms with Crippen molar-refractivity contribution in [2.75, 3.05) is 26.2 Å². The minimum absolute atomic E-state index is 0.0489. The molecule has 3 N–H and O–H groups in total. The van der Waals surface area contributed by atoms with E-state index in [4.69, 9.17) is 9.47 Å². The number of rotatable bonds is 10. The van der Waals surface area contributed by atoms with Crippen molar-refractivity contribution in [1.82, 2.24) is 16.0 Å². The Morgan fingerprint density at radius 3 is 2.15 bits per heavy atom. The average Bonchev–Trinajstić information content (AvgIpc) is 2.59. The molecule has 0 heterocycles. The summed E-state index contributed by atoms with van der Waals surface area (Å²) < 4.78 is 10.4. The third-order valence-corrected chi connectivity index (χ3v) is 3.13. The van der Waals surface area contributed by atoms with E-state index >= 15 is 0 Å². The van der Waals surface area contributed by atoms with Gasteiger partial charge in [-0.25, -0.2) is 4.79 Å². The molecule has 0 unspecified atom stereocenters. The molecule has 1 aromatic rings. The molecule has 1 aromatic carbocycles. The van der Waals surface area contributed by atoms with E-state index < -0.39 is 11.7 Å². The third-order valence-electron chi connectivity index (χ3n) is 3.13. The van der Waals surface area contributed by atoms with Gasteiger partial charge in [-0.05, 0) is 39.3 Å². The van der Waals surface area contributed by atoms with Crippen LogP contribution in [-0.2, 0) is 14.3 Å². The van der Waals surface area contributed by atoms with E-state index in [1.165, 1.54) is 0 Å². The second-order valence-corrected chi connectivity index (χ2v) is 6.83. The number of carbonyl (C=O) groups is 3. The normalized spacial score (nSPS) is 10.6. The number of amides is 3. The number of alkyl carbamates (subject to hydrolysis) is 1. The number of ether oxygens (including phenoxy) is 2. The minimum atomic E-state index is -0.567. The van der Waals surface area contributed by atoms with Crippen molar-refractivity contribution in [2.24, 2.45) is 0 Å². The first-order chi connectivity index (χ1) is 12.8. The van der Waals surface area contributed by atoms with Gasteiger partial charge in [0.2, 0.25) is 5.91 Å². The SMILES string of the molecule is CC(C)(C)OC(=O)NCCC(=O)NCCCNC(=O)COc1ccccc1. The molecule has 1 rings (SSSR count). The zero-order valence-corrected chi connectivity index (χ0v) is 16.2. The second kappa shape index (κ2) is 11.8. The first-order valence-electron chi connectivity index (χ1n) is 8.94. The molecule has 27 heavy (non-hydrogen) atoms. The van der Waals surface area contributed by atoms with Crippen molar-refractivity contribution >= 4 is 17.9 Å². The van der Waals surface area contributed by atoms with Gasteiger partial charge in [-0.15, -0.1) is 0 Å². The van der Waals surface area contributed by atoms with Crippen molar-refractivity contribution in [3.8, 4) is 5.75 Å². The Morgan fingerprint density at radius 1 is 0.889 bits per heavy atom. The van der Waals surface area contributed by atoms with Crippen LogP contribution in [-0.4, -0.2) is 49.7 Å². The summed E-state index contributed by atoms with van der Waals surface area (Å²) in [4.78, 5) is 34.7. The third kappa shape index (κ3) is 12.3. The highest BCUT2D eigenvalue weighted by Gasteiger charge is 2.15. The van der Waals surface area contributed by atoms with E-state index in [0.717, 1.165) is 0 Å². The van der Waals surface area contributed by atoms with Crippen LogP contribution in [0.2, 0.25) is 0 Å². The summed E-state index contributed by atoms with van der Waals surface area (Å²) in [6.45, 7) is 6.34. The van der Waals surface area contributed by atoms with Gasteiger partial charge in [0.15, 0.2) is 6.61 Å². The molecule has 0 aliphatic heterocycles. The van der Waals surface area contributed by atoms with E-state index in [2.05, 4.69) is 16.0 Å². The van der Waals surface area contributed by atoms with Gasteiger partial charge >= 0.3 is 6.09 Å². The summed E-state index contributed by atoms with van der Waals surface area (Å²) in [6.07, 6.45) is 0.217. The molecule has 0 aliphatic rings. The highest BCUT2D eigenvalue weighted by atomic mass is 16.6. The van der Waals surface area contributed by atoms with Crippen molar-refractivity contribution in [1.29, 1.82) is 0 Å². The molecule has 0 aromatic heterocycles. The van der Waals surface area contributed by atoms with E-state index in [1.54, 1.807) is 32.9 Å². The van der Waals surface area contributed by atoms with Gasteiger partial charge in [-0.2, -0.15) is 0 Å². The lowest BCUT2D eigenvalue weighted by Crippen LogP contribution is -2.36. The lowest BCUT2D eigenvalue weighted by atomic mass is 10.2. The van der Waals surface area contributed by atoms with E-state index in [0.29, 0.717) is 25.3 Å². The number of hydrogen-bond acceptors (Lipinski definition) is 5. The number of carbonyl (C=O) groups excluding carboxylic acids is 3. The Hall–Kier alpha value is -2.77. The Balaban J connectivity index is 2.00. The van der Waals surface area contributed by atoms with Gasteiger partial charge in [0.05, 0.1) is 0 Å². The molecule has 0 saturated heterocycles. The minimum Gasteiger partial charge on any atom is -0.484 e. The smallest absolute Gasteiger partial charge is 0.407 e. The fourth-order valence-corrected chi connectivity index (χ4v) is 1.94. The molecule has 8 nitrogen and oxygen atoms in total. The number of benzene rings is 1. The molecule has 0 saturated carbocycles. The maximum atomic E-state index is 11.7. The quantitative estimate of drug-likeness (QED) is 0.536. The van der Waals surface area contributed by atoms with Crippen LogP contribution in [0.3, 0.4) is 0 Å². The van der Waals surface area contributed by atoms with E-state index in [9.17, 15) is 14.4 Å². The van der Waals surface area contributed by atoms with Crippen LogP contribution >= 0.6 is 0 Å². The molecular weight excluding hydrogens is 350 g/mol. The predicted molar refractivity (Wildman–Crippen MR) is 101 cm³/mol. The van der Waals surface area contributed by atoms with Crippen LogP contribution < -0.4 is 20.7 Å². The van der Waals surface area contributed by atoms with Gasteiger partial charge in [0, 0.05) is 26.1 Å². The van der Waals surface area contributed by atoms with Crippen LogP contribution in [0.25, 0.3) is 0 Å². The predicted octanol–water partition coefficient (Wildman–Crippen LogP) is 1.60. The second-order valence-electron chi connectivity index (χ2n) is 6.83. The zero-order chi connectivity index (χ0) is 20.1. The fraction of sp³-hybridized carbons (Fsp3) is 0.526. The fourth-order valence-electron chi connectivity index (χ4n) is 1.94. The maximum Gasteiger partial charge on any atom is 0.407 e. The summed E-state index contributed by atoms with van der Waals surface area (Å²) in [5.41, 5.74) is -0.567. The first kappa shape index (κ1) is 22.3. The van der Waals surface area contributed by atoms with Crippen molar-refractivity contribution in [2.45, 2.75) is 39.2 Å². The van der Waals surface area contributed by atoms with Crippen molar-refractivity contribution in [3.05, 3.63) is 30.3 Å². The number of nitrogens with one attached hydrogen (secondary N) is 3. The van der Waals surface area contributed by atoms with E-state index in [-0.39, 0.29) is 31.4 Å². The Labute approximate surface area is 160 Å². The largest absolute Gasteiger partial charge is 0.484 e. The molecular formula is C19H29N3O5. The van der Waals surface area contributed by atoms with Gasteiger partial charge in [0.25, 0.3) is 5.91 Å². The molecule has 0 bridgehead atoms. The summed E-state index contributed by atoms with van der Waals surface area (Å²) in [6, 6.07) is 9.09. The van der Waals surface area contributed by atoms with Gasteiger partial charge in [-0.3, -0.25) is 9.59 Å².